The molecular weight excluding hydrogens is 255 g/mol. The first-order valence-corrected chi connectivity index (χ1v) is 4.65. The van der Waals surface area contributed by atoms with Crippen LogP contribution in [0.4, 0.5) is 0 Å². The number of aromatic carboxylic acids is 1. The molecule has 0 heterocycles. The topological polar surface area (TPSA) is 37.3 Å². The van der Waals surface area contributed by atoms with E-state index in [1.807, 2.05) is 12.1 Å². The summed E-state index contributed by atoms with van der Waals surface area (Å²) in [5.74, 6) is -0.870. The molecule has 0 radical (unpaired) electrons. The predicted octanol–water partition coefficient (Wildman–Crippen LogP) is 2.32. The Balaban J connectivity index is 2.91. The van der Waals surface area contributed by atoms with Gasteiger partial charge in [0, 0.05) is 4.43 Å². The molecule has 0 bridgehead atoms. The molecule has 0 fully saturated rings. The fourth-order valence-corrected chi connectivity index (χ4v) is 1.24. The summed E-state index contributed by atoms with van der Waals surface area (Å²) in [7, 11) is 0. The number of carboxylic acid groups (broad SMARTS) is 1. The zero-order chi connectivity index (χ0) is 8.27. The molecule has 2 nitrogen and oxygen atoms in total. The van der Waals surface area contributed by atoms with Crippen molar-refractivity contribution < 1.29 is 9.90 Å². The van der Waals surface area contributed by atoms with Gasteiger partial charge in [-0.15, -0.1) is 0 Å². The molecule has 0 aliphatic rings. The lowest BCUT2D eigenvalue weighted by atomic mass is 10.2. The third kappa shape index (κ3) is 2.18. The maximum atomic E-state index is 10.4. The normalized spacial score (nSPS) is 9.55. The van der Waals surface area contributed by atoms with Crippen LogP contribution in [0.3, 0.4) is 0 Å². The highest BCUT2D eigenvalue weighted by atomic mass is 127. The van der Waals surface area contributed by atoms with E-state index in [4.69, 9.17) is 5.11 Å². The van der Waals surface area contributed by atoms with Crippen molar-refractivity contribution in [2.24, 2.45) is 0 Å². The summed E-state index contributed by atoms with van der Waals surface area (Å²) in [5, 5.41) is 8.55. The highest BCUT2D eigenvalue weighted by Gasteiger charge is 1.99. The second-order valence-corrected chi connectivity index (χ2v) is 2.90. The van der Waals surface area contributed by atoms with Crippen LogP contribution in [-0.4, -0.2) is 11.1 Å². The molecule has 1 rings (SSSR count). The van der Waals surface area contributed by atoms with Crippen molar-refractivity contribution in [1.82, 2.24) is 0 Å². The van der Waals surface area contributed by atoms with Gasteiger partial charge in [0.05, 0.1) is 5.56 Å². The van der Waals surface area contributed by atoms with Crippen LogP contribution in [-0.2, 0) is 4.43 Å². The van der Waals surface area contributed by atoms with Crippen LogP contribution in [0.25, 0.3) is 0 Å². The summed E-state index contributed by atoms with van der Waals surface area (Å²) < 4.78 is 0.914. The van der Waals surface area contributed by atoms with Gasteiger partial charge in [-0.1, -0.05) is 34.7 Å². The van der Waals surface area contributed by atoms with Gasteiger partial charge in [0.15, 0.2) is 0 Å². The first-order valence-electron chi connectivity index (χ1n) is 3.12. The minimum atomic E-state index is -0.870. The molecule has 0 unspecified atom stereocenters. The molecule has 0 saturated carbocycles. The Labute approximate surface area is 78.4 Å². The molecule has 1 aromatic carbocycles. The number of hydrogen-bond donors (Lipinski definition) is 1. The molecule has 0 spiro atoms. The number of halogens is 1. The molecule has 11 heavy (non-hydrogen) atoms. The predicted molar refractivity (Wildman–Crippen MR) is 51.1 cm³/mol. The monoisotopic (exact) mass is 262 g/mol. The lowest BCUT2D eigenvalue weighted by molar-refractivity contribution is 0.0697. The molecule has 1 N–H and O–H groups in total. The van der Waals surface area contributed by atoms with Crippen LogP contribution in [0, 0.1) is 0 Å². The Hall–Kier alpha value is -0.580. The van der Waals surface area contributed by atoms with E-state index < -0.39 is 5.97 Å². The quantitative estimate of drug-likeness (QED) is 0.656. The average Bonchev–Trinajstić information content (AvgIpc) is 2.05. The highest BCUT2D eigenvalue weighted by Crippen LogP contribution is 2.07. The van der Waals surface area contributed by atoms with Crippen molar-refractivity contribution in [2.45, 2.75) is 4.43 Å². The fraction of sp³-hybridized carbons (Fsp3) is 0.125. The molecular formula is C8H7IO2. The van der Waals surface area contributed by atoms with Crippen molar-refractivity contribution in [2.75, 3.05) is 0 Å². The summed E-state index contributed by atoms with van der Waals surface area (Å²) >= 11 is 2.23. The van der Waals surface area contributed by atoms with Crippen molar-refractivity contribution in [3.63, 3.8) is 0 Å². The van der Waals surface area contributed by atoms with Crippen LogP contribution < -0.4 is 0 Å². The van der Waals surface area contributed by atoms with E-state index >= 15 is 0 Å². The van der Waals surface area contributed by atoms with E-state index in [1.54, 1.807) is 12.1 Å². The van der Waals surface area contributed by atoms with Gasteiger partial charge in [0.25, 0.3) is 0 Å². The smallest absolute Gasteiger partial charge is 0.335 e. The van der Waals surface area contributed by atoms with E-state index in [9.17, 15) is 4.79 Å². The number of alkyl halides is 1. The van der Waals surface area contributed by atoms with E-state index in [1.165, 1.54) is 0 Å². The lowest BCUT2D eigenvalue weighted by Crippen LogP contribution is -1.95. The van der Waals surface area contributed by atoms with Gasteiger partial charge in [-0.05, 0) is 17.7 Å². The summed E-state index contributed by atoms with van der Waals surface area (Å²) in [6, 6.07) is 6.90. The molecule has 58 valence electrons. The SMILES string of the molecule is O=C(O)c1ccc(CI)cc1. The van der Waals surface area contributed by atoms with E-state index in [0.717, 1.165) is 9.99 Å². The van der Waals surface area contributed by atoms with Crippen molar-refractivity contribution in [3.8, 4) is 0 Å². The third-order valence-electron chi connectivity index (χ3n) is 1.36. The molecule has 0 atom stereocenters. The summed E-state index contributed by atoms with van der Waals surface area (Å²) in [5.41, 5.74) is 1.49. The van der Waals surface area contributed by atoms with Gasteiger partial charge in [-0.25, -0.2) is 4.79 Å². The Morgan fingerprint density at radius 1 is 1.36 bits per heavy atom. The molecule has 0 aliphatic carbocycles. The van der Waals surface area contributed by atoms with Gasteiger partial charge in [-0.2, -0.15) is 0 Å². The van der Waals surface area contributed by atoms with Crippen LogP contribution in [0.1, 0.15) is 15.9 Å². The van der Waals surface area contributed by atoms with Gasteiger partial charge in [-0.3, -0.25) is 0 Å². The van der Waals surface area contributed by atoms with Gasteiger partial charge in [0.2, 0.25) is 0 Å². The van der Waals surface area contributed by atoms with Crippen LogP contribution in [0.5, 0.6) is 0 Å². The third-order valence-corrected chi connectivity index (χ3v) is 2.24. The number of carbonyl (C=O) groups is 1. The largest absolute Gasteiger partial charge is 0.478 e. The molecule has 0 aromatic heterocycles. The lowest BCUT2D eigenvalue weighted by Gasteiger charge is -1.95. The summed E-state index contributed by atoms with van der Waals surface area (Å²) in [6.07, 6.45) is 0. The summed E-state index contributed by atoms with van der Waals surface area (Å²) in [6.45, 7) is 0. The van der Waals surface area contributed by atoms with E-state index in [2.05, 4.69) is 22.6 Å². The van der Waals surface area contributed by atoms with Gasteiger partial charge >= 0.3 is 5.97 Å². The Bertz CT molecular complexity index is 253. The van der Waals surface area contributed by atoms with Crippen molar-refractivity contribution in [1.29, 1.82) is 0 Å². The molecule has 0 saturated heterocycles. The first-order chi connectivity index (χ1) is 5.24. The molecule has 3 heteroatoms. The Morgan fingerprint density at radius 3 is 2.27 bits per heavy atom. The minimum absolute atomic E-state index is 0.346. The Morgan fingerprint density at radius 2 is 1.91 bits per heavy atom. The standard InChI is InChI=1S/C8H7IO2/c9-5-6-1-3-7(4-2-6)8(10)11/h1-4H,5H2,(H,10,11). The fourth-order valence-electron chi connectivity index (χ4n) is 0.736. The Kier molecular flexibility index (Phi) is 2.87. The molecule has 0 amide bonds. The minimum Gasteiger partial charge on any atom is -0.478 e. The molecule has 1 aromatic rings. The van der Waals surface area contributed by atoms with Gasteiger partial charge in [0.1, 0.15) is 0 Å². The van der Waals surface area contributed by atoms with Crippen LogP contribution in [0.15, 0.2) is 24.3 Å². The second-order valence-electron chi connectivity index (χ2n) is 2.14. The summed E-state index contributed by atoms with van der Waals surface area (Å²) in [4.78, 5) is 10.4. The van der Waals surface area contributed by atoms with Crippen LogP contribution >= 0.6 is 22.6 Å². The molecule has 0 aliphatic heterocycles. The highest BCUT2D eigenvalue weighted by molar-refractivity contribution is 14.1. The number of benzene rings is 1. The van der Waals surface area contributed by atoms with Crippen molar-refractivity contribution >= 4 is 28.6 Å². The number of hydrogen-bond acceptors (Lipinski definition) is 1. The van der Waals surface area contributed by atoms with Crippen LogP contribution in [0.2, 0.25) is 0 Å². The number of carboxylic acids is 1. The van der Waals surface area contributed by atoms with E-state index in [-0.39, 0.29) is 0 Å². The first kappa shape index (κ1) is 8.52. The maximum absolute atomic E-state index is 10.4. The zero-order valence-electron chi connectivity index (χ0n) is 5.75. The zero-order valence-corrected chi connectivity index (χ0v) is 7.91. The average molecular weight is 262 g/mol. The second kappa shape index (κ2) is 3.71. The number of rotatable bonds is 2. The van der Waals surface area contributed by atoms with Crippen molar-refractivity contribution in [3.05, 3.63) is 35.4 Å². The van der Waals surface area contributed by atoms with Gasteiger partial charge < -0.3 is 5.11 Å². The maximum Gasteiger partial charge on any atom is 0.335 e. The van der Waals surface area contributed by atoms with E-state index in [0.29, 0.717) is 5.56 Å².